The van der Waals surface area contributed by atoms with Crippen molar-refractivity contribution in [2.75, 3.05) is 13.7 Å². The van der Waals surface area contributed by atoms with Gasteiger partial charge < -0.3 is 19.7 Å². The minimum Gasteiger partial charge on any atom is -0.496 e. The van der Waals surface area contributed by atoms with Crippen molar-refractivity contribution in [2.24, 2.45) is 0 Å². The normalized spacial score (nSPS) is 16.9. The molecular weight excluding hydrogens is 352 g/mol. The Morgan fingerprint density at radius 3 is 2.68 bits per heavy atom. The van der Waals surface area contributed by atoms with E-state index in [0.717, 1.165) is 34.5 Å². The van der Waals surface area contributed by atoms with Crippen molar-refractivity contribution in [3.05, 3.63) is 64.8 Å². The monoisotopic (exact) mass is 378 g/mol. The summed E-state index contributed by atoms with van der Waals surface area (Å²) in [5.74, 6) is 0.548. The van der Waals surface area contributed by atoms with Gasteiger partial charge in [0, 0.05) is 23.1 Å². The summed E-state index contributed by atoms with van der Waals surface area (Å²) in [5, 5.41) is 11.6. The van der Waals surface area contributed by atoms with Crippen molar-refractivity contribution in [1.29, 1.82) is 0 Å². The third-order valence-corrected chi connectivity index (χ3v) is 5.55. The molecule has 2 aromatic carbocycles. The lowest BCUT2D eigenvalue weighted by atomic mass is 9.90. The number of benzene rings is 2. The topological polar surface area (TPSA) is 65.6 Å². The van der Waals surface area contributed by atoms with Crippen LogP contribution in [0.4, 0.5) is 0 Å². The van der Waals surface area contributed by atoms with E-state index >= 15 is 0 Å². The number of nitrogens with zero attached hydrogens (tertiary/aromatic N) is 1. The van der Waals surface area contributed by atoms with Gasteiger partial charge in [-0.05, 0) is 62.1 Å². The first kappa shape index (κ1) is 18.6. The van der Waals surface area contributed by atoms with Crippen LogP contribution in [0, 0.1) is 6.92 Å². The van der Waals surface area contributed by atoms with E-state index in [2.05, 4.69) is 23.2 Å². The van der Waals surface area contributed by atoms with E-state index < -0.39 is 5.60 Å². The second kappa shape index (κ2) is 6.67. The fourth-order valence-corrected chi connectivity index (χ4v) is 4.23. The summed E-state index contributed by atoms with van der Waals surface area (Å²) in [4.78, 5) is 18.4. The van der Waals surface area contributed by atoms with E-state index in [1.807, 2.05) is 31.2 Å². The SMILES string of the molecule is COc1ccc([C@@H]2c3[nH]c4ccccc4c3CCN2C(=O)C(C)(C)O)cc1C. The average molecular weight is 378 g/mol. The number of H-pyrrole nitrogens is 1. The van der Waals surface area contributed by atoms with Gasteiger partial charge in [-0.2, -0.15) is 0 Å². The zero-order chi connectivity index (χ0) is 20.1. The number of para-hydroxylation sites is 1. The maximum Gasteiger partial charge on any atom is 0.254 e. The van der Waals surface area contributed by atoms with Crippen LogP contribution in [0.3, 0.4) is 0 Å². The number of hydrogen-bond acceptors (Lipinski definition) is 3. The molecule has 1 amide bonds. The first-order chi connectivity index (χ1) is 13.3. The lowest BCUT2D eigenvalue weighted by Gasteiger charge is -2.39. The molecule has 5 heteroatoms. The molecule has 0 radical (unpaired) electrons. The molecule has 0 saturated carbocycles. The van der Waals surface area contributed by atoms with Gasteiger partial charge >= 0.3 is 0 Å². The maximum atomic E-state index is 13.1. The molecule has 4 rings (SSSR count). The van der Waals surface area contributed by atoms with Gasteiger partial charge in [0.25, 0.3) is 5.91 Å². The van der Waals surface area contributed by atoms with Crippen LogP contribution in [0.2, 0.25) is 0 Å². The molecule has 0 spiro atoms. The molecule has 5 nitrogen and oxygen atoms in total. The van der Waals surface area contributed by atoms with Crippen LogP contribution in [0.1, 0.15) is 42.3 Å². The van der Waals surface area contributed by atoms with Crippen LogP contribution in [-0.4, -0.2) is 40.2 Å². The number of aliphatic hydroxyl groups is 1. The van der Waals surface area contributed by atoms with Crippen LogP contribution in [0.15, 0.2) is 42.5 Å². The Labute approximate surface area is 164 Å². The average Bonchev–Trinajstić information content (AvgIpc) is 3.04. The molecule has 0 unspecified atom stereocenters. The van der Waals surface area contributed by atoms with Gasteiger partial charge in [0.05, 0.1) is 13.2 Å². The molecule has 0 aliphatic carbocycles. The Morgan fingerprint density at radius 2 is 2.00 bits per heavy atom. The minimum absolute atomic E-state index is 0.268. The summed E-state index contributed by atoms with van der Waals surface area (Å²) in [6.45, 7) is 5.66. The van der Waals surface area contributed by atoms with Gasteiger partial charge in [0.1, 0.15) is 11.4 Å². The molecule has 28 heavy (non-hydrogen) atoms. The lowest BCUT2D eigenvalue weighted by molar-refractivity contribution is -0.150. The number of carbonyl (C=O) groups is 1. The van der Waals surface area contributed by atoms with Gasteiger partial charge in [0.15, 0.2) is 0 Å². The summed E-state index contributed by atoms with van der Waals surface area (Å²) < 4.78 is 5.40. The Balaban J connectivity index is 1.91. The molecular formula is C23H26N2O3. The Hall–Kier alpha value is -2.79. The quantitative estimate of drug-likeness (QED) is 0.730. The third kappa shape index (κ3) is 2.96. The maximum absolute atomic E-state index is 13.1. The smallest absolute Gasteiger partial charge is 0.254 e. The number of methoxy groups -OCH3 is 1. The largest absolute Gasteiger partial charge is 0.496 e. The number of amides is 1. The van der Waals surface area contributed by atoms with E-state index in [0.29, 0.717) is 6.54 Å². The third-order valence-electron chi connectivity index (χ3n) is 5.55. The molecule has 0 fully saturated rings. The summed E-state index contributed by atoms with van der Waals surface area (Å²) in [6.07, 6.45) is 0.757. The highest BCUT2D eigenvalue weighted by molar-refractivity contribution is 5.88. The van der Waals surface area contributed by atoms with Crippen LogP contribution in [-0.2, 0) is 11.2 Å². The highest BCUT2D eigenvalue weighted by atomic mass is 16.5. The molecule has 1 atom stereocenters. The van der Waals surface area contributed by atoms with Gasteiger partial charge in [0.2, 0.25) is 0 Å². The molecule has 2 N–H and O–H groups in total. The van der Waals surface area contributed by atoms with Crippen molar-refractivity contribution in [3.8, 4) is 5.75 Å². The zero-order valence-electron chi connectivity index (χ0n) is 16.7. The predicted molar refractivity (Wildman–Crippen MR) is 110 cm³/mol. The highest BCUT2D eigenvalue weighted by Crippen LogP contribution is 2.40. The first-order valence-electron chi connectivity index (χ1n) is 9.58. The first-order valence-corrected chi connectivity index (χ1v) is 9.58. The number of aromatic amines is 1. The number of fused-ring (bicyclic) bond motifs is 3. The van der Waals surface area contributed by atoms with Gasteiger partial charge in [-0.15, -0.1) is 0 Å². The number of rotatable bonds is 3. The molecule has 1 aliphatic rings. The highest BCUT2D eigenvalue weighted by Gasteiger charge is 2.39. The molecule has 2 heterocycles. The second-order valence-corrected chi connectivity index (χ2v) is 8.00. The number of carbonyl (C=O) groups excluding carboxylic acids is 1. The van der Waals surface area contributed by atoms with Crippen LogP contribution < -0.4 is 4.74 Å². The molecule has 0 saturated heterocycles. The molecule has 1 aromatic heterocycles. The van der Waals surface area contributed by atoms with Crippen molar-refractivity contribution in [2.45, 2.75) is 38.8 Å². The minimum atomic E-state index is -1.43. The standard InChI is InChI=1S/C23H26N2O3/c1-14-13-15(9-10-19(14)28-4)21-20-17(16-7-5-6-8-18(16)24-20)11-12-25(21)22(26)23(2,3)27/h5-10,13,21,24,27H,11-12H2,1-4H3/t21-/m1/s1. The van der Waals surface area contributed by atoms with E-state index in [-0.39, 0.29) is 11.9 Å². The van der Waals surface area contributed by atoms with E-state index in [9.17, 15) is 9.90 Å². The molecule has 0 bridgehead atoms. The zero-order valence-corrected chi connectivity index (χ0v) is 16.7. The summed E-state index contributed by atoms with van der Waals surface area (Å²) in [6, 6.07) is 14.0. The number of ether oxygens (including phenoxy) is 1. The number of aromatic nitrogens is 1. The van der Waals surface area contributed by atoms with E-state index in [1.54, 1.807) is 25.9 Å². The Kier molecular flexibility index (Phi) is 4.42. The molecule has 146 valence electrons. The Morgan fingerprint density at radius 1 is 1.25 bits per heavy atom. The van der Waals surface area contributed by atoms with Gasteiger partial charge in [-0.1, -0.05) is 24.3 Å². The summed E-state index contributed by atoms with van der Waals surface area (Å²) >= 11 is 0. The van der Waals surface area contributed by atoms with Crippen LogP contribution in [0.5, 0.6) is 5.75 Å². The molecule has 1 aliphatic heterocycles. The van der Waals surface area contributed by atoms with Crippen molar-refractivity contribution in [3.63, 3.8) is 0 Å². The van der Waals surface area contributed by atoms with Crippen molar-refractivity contribution in [1.82, 2.24) is 9.88 Å². The van der Waals surface area contributed by atoms with Crippen LogP contribution >= 0.6 is 0 Å². The number of hydrogen-bond donors (Lipinski definition) is 2. The van der Waals surface area contributed by atoms with Crippen LogP contribution in [0.25, 0.3) is 10.9 Å². The summed E-state index contributed by atoms with van der Waals surface area (Å²) in [5.41, 5.74) is 3.93. The fraction of sp³-hybridized carbons (Fsp3) is 0.348. The van der Waals surface area contributed by atoms with E-state index in [4.69, 9.17) is 4.74 Å². The predicted octanol–water partition coefficient (Wildman–Crippen LogP) is 3.73. The van der Waals surface area contributed by atoms with Crippen molar-refractivity contribution < 1.29 is 14.6 Å². The summed E-state index contributed by atoms with van der Waals surface area (Å²) in [7, 11) is 1.66. The fourth-order valence-electron chi connectivity index (χ4n) is 4.23. The lowest BCUT2D eigenvalue weighted by Crippen LogP contribution is -2.49. The van der Waals surface area contributed by atoms with E-state index in [1.165, 1.54) is 10.9 Å². The van der Waals surface area contributed by atoms with Gasteiger partial charge in [-0.25, -0.2) is 0 Å². The Bertz CT molecular complexity index is 1050. The van der Waals surface area contributed by atoms with Gasteiger partial charge in [-0.3, -0.25) is 4.79 Å². The molecule has 3 aromatic rings. The number of nitrogens with one attached hydrogen (secondary N) is 1. The van der Waals surface area contributed by atoms with Crippen molar-refractivity contribution >= 4 is 16.8 Å². The second-order valence-electron chi connectivity index (χ2n) is 8.00. The number of aryl methyl sites for hydroxylation is 1.